The normalized spacial score (nSPS) is 10.7. The van der Waals surface area contributed by atoms with Crippen LogP contribution in [0.3, 0.4) is 0 Å². The molecule has 0 atom stereocenters. The first-order valence-electron chi connectivity index (χ1n) is 8.96. The fraction of sp³-hybridized carbons (Fsp3) is 0.190. The van der Waals surface area contributed by atoms with Gasteiger partial charge in [-0.15, -0.1) is 0 Å². The quantitative estimate of drug-likeness (QED) is 0.415. The highest BCUT2D eigenvalue weighted by molar-refractivity contribution is 7.98. The Morgan fingerprint density at radius 2 is 2.07 bits per heavy atom. The van der Waals surface area contributed by atoms with E-state index in [9.17, 15) is 14.0 Å². The van der Waals surface area contributed by atoms with Crippen molar-refractivity contribution in [1.82, 2.24) is 9.97 Å². The molecular weight excluding hydrogens is 429 g/mol. The van der Waals surface area contributed by atoms with Crippen molar-refractivity contribution in [3.05, 3.63) is 80.5 Å². The number of amides is 1. The number of benzene rings is 2. The van der Waals surface area contributed by atoms with Gasteiger partial charge in [-0.25, -0.2) is 9.37 Å². The van der Waals surface area contributed by atoms with Crippen molar-refractivity contribution in [2.24, 2.45) is 0 Å². The molecule has 2 aromatic carbocycles. The van der Waals surface area contributed by atoms with Crippen molar-refractivity contribution < 1.29 is 13.9 Å². The predicted molar refractivity (Wildman–Crippen MR) is 116 cm³/mol. The van der Waals surface area contributed by atoms with Crippen LogP contribution < -0.4 is 15.6 Å². The zero-order chi connectivity index (χ0) is 21.7. The summed E-state index contributed by atoms with van der Waals surface area (Å²) in [6, 6.07) is 11.3. The SMILES string of the molecule is COc1ccc(NC(=O)Cc2c(C)nc(SCc3ccccc3F)[nH]c2=O)cc1Cl. The predicted octanol–water partition coefficient (Wildman–Crippen LogP) is 4.35. The van der Waals surface area contributed by atoms with Gasteiger partial charge < -0.3 is 15.0 Å². The van der Waals surface area contributed by atoms with Crippen LogP contribution in [0, 0.1) is 12.7 Å². The van der Waals surface area contributed by atoms with Crippen LogP contribution in [0.1, 0.15) is 16.8 Å². The summed E-state index contributed by atoms with van der Waals surface area (Å²) in [5.41, 5.74) is 1.32. The molecule has 2 N–H and O–H groups in total. The zero-order valence-electron chi connectivity index (χ0n) is 16.3. The molecule has 0 fully saturated rings. The minimum absolute atomic E-state index is 0.143. The number of halogens is 2. The highest BCUT2D eigenvalue weighted by atomic mass is 35.5. The fourth-order valence-corrected chi connectivity index (χ4v) is 3.88. The van der Waals surface area contributed by atoms with Gasteiger partial charge in [0.15, 0.2) is 5.16 Å². The minimum atomic E-state index is -0.401. The number of nitrogens with zero attached hydrogens (tertiary/aromatic N) is 1. The summed E-state index contributed by atoms with van der Waals surface area (Å²) in [6.45, 7) is 1.66. The molecule has 6 nitrogen and oxygen atoms in total. The van der Waals surface area contributed by atoms with Crippen molar-refractivity contribution in [3.8, 4) is 5.75 Å². The highest BCUT2D eigenvalue weighted by Gasteiger charge is 2.14. The average molecular weight is 448 g/mol. The molecule has 0 radical (unpaired) electrons. The van der Waals surface area contributed by atoms with Gasteiger partial charge in [0.05, 0.1) is 18.6 Å². The third-order valence-electron chi connectivity index (χ3n) is 4.30. The first-order chi connectivity index (χ1) is 14.4. The van der Waals surface area contributed by atoms with Crippen LogP contribution in [0.2, 0.25) is 5.02 Å². The Kier molecular flexibility index (Phi) is 7.12. The highest BCUT2D eigenvalue weighted by Crippen LogP contribution is 2.27. The number of methoxy groups -OCH3 is 1. The molecule has 1 amide bonds. The lowest BCUT2D eigenvalue weighted by Crippen LogP contribution is -2.23. The number of rotatable bonds is 7. The van der Waals surface area contributed by atoms with E-state index in [1.54, 1.807) is 43.3 Å². The monoisotopic (exact) mass is 447 g/mol. The second-order valence-corrected chi connectivity index (χ2v) is 7.76. The molecule has 0 saturated heterocycles. The number of nitrogens with one attached hydrogen (secondary N) is 2. The van der Waals surface area contributed by atoms with E-state index in [0.29, 0.717) is 38.6 Å². The summed E-state index contributed by atoms with van der Waals surface area (Å²) >= 11 is 7.28. The molecule has 30 heavy (non-hydrogen) atoms. The van der Waals surface area contributed by atoms with E-state index in [0.717, 1.165) is 0 Å². The van der Waals surface area contributed by atoms with Gasteiger partial charge in [0.2, 0.25) is 5.91 Å². The standard InChI is InChI=1S/C21H19ClFN3O3S/c1-12-15(10-19(27)25-14-7-8-18(29-2)16(22)9-14)20(28)26-21(24-12)30-11-13-5-3-4-6-17(13)23/h3-9H,10-11H2,1-2H3,(H,25,27)(H,24,26,28). The number of anilines is 1. The fourth-order valence-electron chi connectivity index (χ4n) is 2.73. The third kappa shape index (κ3) is 5.40. The van der Waals surface area contributed by atoms with Crippen LogP contribution in [0.25, 0.3) is 0 Å². The van der Waals surface area contributed by atoms with Crippen molar-refractivity contribution in [2.75, 3.05) is 12.4 Å². The molecule has 0 unspecified atom stereocenters. The van der Waals surface area contributed by atoms with Crippen LogP contribution in [-0.2, 0) is 17.0 Å². The van der Waals surface area contributed by atoms with Gasteiger partial charge in [-0.2, -0.15) is 0 Å². The third-order valence-corrected chi connectivity index (χ3v) is 5.51. The average Bonchev–Trinajstić information content (AvgIpc) is 2.70. The molecule has 1 heterocycles. The number of hydrogen-bond donors (Lipinski definition) is 2. The number of H-pyrrole nitrogens is 1. The largest absolute Gasteiger partial charge is 0.495 e. The number of hydrogen-bond acceptors (Lipinski definition) is 5. The van der Waals surface area contributed by atoms with Crippen LogP contribution in [0.5, 0.6) is 5.75 Å². The summed E-state index contributed by atoms with van der Waals surface area (Å²) in [7, 11) is 1.50. The number of aromatic amines is 1. The zero-order valence-corrected chi connectivity index (χ0v) is 17.9. The van der Waals surface area contributed by atoms with E-state index in [1.807, 2.05) is 0 Å². The molecule has 0 spiro atoms. The maximum absolute atomic E-state index is 13.7. The van der Waals surface area contributed by atoms with Gasteiger partial charge >= 0.3 is 0 Å². The lowest BCUT2D eigenvalue weighted by Gasteiger charge is -2.10. The van der Waals surface area contributed by atoms with E-state index < -0.39 is 5.56 Å². The Hall–Kier alpha value is -2.84. The van der Waals surface area contributed by atoms with E-state index >= 15 is 0 Å². The second-order valence-electron chi connectivity index (χ2n) is 6.39. The van der Waals surface area contributed by atoms with Crippen LogP contribution in [-0.4, -0.2) is 23.0 Å². The lowest BCUT2D eigenvalue weighted by atomic mass is 10.1. The smallest absolute Gasteiger partial charge is 0.255 e. The van der Waals surface area contributed by atoms with Gasteiger partial charge in [-0.3, -0.25) is 9.59 Å². The lowest BCUT2D eigenvalue weighted by molar-refractivity contribution is -0.115. The Labute approximate surface area is 181 Å². The molecule has 0 aliphatic rings. The summed E-state index contributed by atoms with van der Waals surface area (Å²) < 4.78 is 18.8. The number of carbonyl (C=O) groups is 1. The number of aryl methyl sites for hydroxylation is 1. The molecule has 0 saturated carbocycles. The van der Waals surface area contributed by atoms with Crippen molar-refractivity contribution in [3.63, 3.8) is 0 Å². The van der Waals surface area contributed by atoms with Crippen molar-refractivity contribution in [2.45, 2.75) is 24.3 Å². The maximum Gasteiger partial charge on any atom is 0.255 e. The molecule has 9 heteroatoms. The summed E-state index contributed by atoms with van der Waals surface area (Å²) in [4.78, 5) is 31.8. The second kappa shape index (κ2) is 9.77. The molecule has 3 aromatic rings. The van der Waals surface area contributed by atoms with Gasteiger partial charge in [0.25, 0.3) is 5.56 Å². The summed E-state index contributed by atoms with van der Waals surface area (Å²) in [6.07, 6.45) is -0.143. The van der Waals surface area contributed by atoms with Gasteiger partial charge in [0, 0.05) is 22.7 Å². The molecule has 156 valence electrons. The van der Waals surface area contributed by atoms with Crippen LogP contribution in [0.4, 0.5) is 10.1 Å². The van der Waals surface area contributed by atoms with Gasteiger partial charge in [0.1, 0.15) is 11.6 Å². The number of carbonyl (C=O) groups excluding carboxylic acids is 1. The van der Waals surface area contributed by atoms with Crippen LogP contribution >= 0.6 is 23.4 Å². The maximum atomic E-state index is 13.7. The first kappa shape index (κ1) is 21.9. The van der Waals surface area contributed by atoms with Crippen LogP contribution in [0.15, 0.2) is 52.4 Å². The van der Waals surface area contributed by atoms with E-state index in [2.05, 4.69) is 15.3 Å². The van der Waals surface area contributed by atoms with Crippen molar-refractivity contribution >= 4 is 35.0 Å². The molecule has 1 aromatic heterocycles. The minimum Gasteiger partial charge on any atom is -0.495 e. The number of ether oxygens (including phenoxy) is 1. The number of thioether (sulfide) groups is 1. The topological polar surface area (TPSA) is 84.1 Å². The molecular formula is C21H19ClFN3O3S. The Bertz CT molecular complexity index is 1140. The molecule has 3 rings (SSSR count). The Balaban J connectivity index is 1.68. The molecule has 0 aliphatic heterocycles. The molecule has 0 bridgehead atoms. The summed E-state index contributed by atoms with van der Waals surface area (Å²) in [5.74, 6) is 0.136. The van der Waals surface area contributed by atoms with E-state index in [-0.39, 0.29) is 23.7 Å². The van der Waals surface area contributed by atoms with Gasteiger partial charge in [-0.05, 0) is 36.8 Å². The summed E-state index contributed by atoms with van der Waals surface area (Å²) in [5, 5.41) is 3.43. The van der Waals surface area contributed by atoms with E-state index in [4.69, 9.17) is 16.3 Å². The van der Waals surface area contributed by atoms with Crippen molar-refractivity contribution in [1.29, 1.82) is 0 Å². The van der Waals surface area contributed by atoms with Gasteiger partial charge in [-0.1, -0.05) is 41.6 Å². The van der Waals surface area contributed by atoms with E-state index in [1.165, 1.54) is 24.9 Å². The first-order valence-corrected chi connectivity index (χ1v) is 10.3. The molecule has 0 aliphatic carbocycles. The Morgan fingerprint density at radius 3 is 2.73 bits per heavy atom. The Morgan fingerprint density at radius 1 is 1.30 bits per heavy atom. The number of aromatic nitrogens is 2.